The average Bonchev–Trinajstić information content (AvgIpc) is 2.38. The van der Waals surface area contributed by atoms with Gasteiger partial charge in [0.2, 0.25) is 5.91 Å². The summed E-state index contributed by atoms with van der Waals surface area (Å²) in [6.07, 6.45) is 9.96. The number of hydrogen-bond acceptors (Lipinski definition) is 4. The third-order valence-corrected chi connectivity index (χ3v) is 2.51. The van der Waals surface area contributed by atoms with E-state index in [1.807, 2.05) is 6.08 Å². The minimum absolute atomic E-state index is 0.215. The summed E-state index contributed by atoms with van der Waals surface area (Å²) in [5.41, 5.74) is -0.908. The molecular formula is C16H27NO4. The molecule has 2 atom stereocenters. The predicted octanol–water partition coefficient (Wildman–Crippen LogP) is 1.06. The van der Waals surface area contributed by atoms with Gasteiger partial charge in [-0.05, 0) is 39.7 Å². The van der Waals surface area contributed by atoms with Gasteiger partial charge in [-0.3, -0.25) is 4.79 Å². The van der Waals surface area contributed by atoms with Gasteiger partial charge in [0.05, 0.1) is 17.8 Å². The third-order valence-electron chi connectivity index (χ3n) is 2.51. The predicted molar refractivity (Wildman–Crippen MR) is 83.6 cm³/mol. The van der Waals surface area contributed by atoms with Crippen molar-refractivity contribution in [3.8, 4) is 0 Å². The summed E-state index contributed by atoms with van der Waals surface area (Å²) in [6.45, 7) is 4.99. The first-order valence-corrected chi connectivity index (χ1v) is 7.08. The monoisotopic (exact) mass is 297 g/mol. The van der Waals surface area contributed by atoms with E-state index in [0.29, 0.717) is 0 Å². The second-order valence-electron chi connectivity index (χ2n) is 5.55. The van der Waals surface area contributed by atoms with Crippen LogP contribution < -0.4 is 5.32 Å². The van der Waals surface area contributed by atoms with E-state index in [2.05, 4.69) is 5.32 Å². The zero-order valence-electron chi connectivity index (χ0n) is 13.0. The van der Waals surface area contributed by atoms with Crippen LogP contribution in [0.2, 0.25) is 0 Å². The van der Waals surface area contributed by atoms with Gasteiger partial charge >= 0.3 is 0 Å². The first-order chi connectivity index (χ1) is 9.72. The topological polar surface area (TPSA) is 89.8 Å². The van der Waals surface area contributed by atoms with Gasteiger partial charge in [-0.1, -0.05) is 30.4 Å². The Labute approximate surface area is 126 Å². The molecule has 0 aliphatic heterocycles. The van der Waals surface area contributed by atoms with E-state index < -0.39 is 17.8 Å². The maximum absolute atomic E-state index is 11.4. The van der Waals surface area contributed by atoms with Crippen LogP contribution in [0.1, 0.15) is 33.6 Å². The van der Waals surface area contributed by atoms with Gasteiger partial charge in [0.25, 0.3) is 0 Å². The van der Waals surface area contributed by atoms with Gasteiger partial charge < -0.3 is 20.6 Å². The first-order valence-electron chi connectivity index (χ1n) is 7.08. The second-order valence-corrected chi connectivity index (χ2v) is 5.55. The lowest BCUT2D eigenvalue weighted by Crippen LogP contribution is -2.37. The van der Waals surface area contributed by atoms with Gasteiger partial charge in [0, 0.05) is 6.54 Å². The van der Waals surface area contributed by atoms with Crippen molar-refractivity contribution in [1.82, 2.24) is 5.32 Å². The highest BCUT2D eigenvalue weighted by Crippen LogP contribution is 1.98. The summed E-state index contributed by atoms with van der Waals surface area (Å²) >= 11 is 0. The lowest BCUT2D eigenvalue weighted by atomic mass is 10.1. The average molecular weight is 297 g/mol. The molecule has 0 aromatic rings. The highest BCUT2D eigenvalue weighted by molar-refractivity contribution is 5.87. The van der Waals surface area contributed by atoms with Crippen LogP contribution in [0, 0.1) is 0 Å². The number of aliphatic hydroxyl groups is 3. The summed E-state index contributed by atoms with van der Waals surface area (Å²) in [4.78, 5) is 11.4. The van der Waals surface area contributed by atoms with E-state index in [4.69, 9.17) is 5.11 Å². The summed E-state index contributed by atoms with van der Waals surface area (Å²) < 4.78 is 0. The first kappa shape index (κ1) is 19.6. The smallest absolute Gasteiger partial charge is 0.243 e. The number of amides is 1. The van der Waals surface area contributed by atoms with Crippen molar-refractivity contribution in [2.45, 2.75) is 51.4 Å². The fourth-order valence-electron chi connectivity index (χ4n) is 1.26. The normalized spacial score (nSPS) is 15.9. The molecule has 0 saturated heterocycles. The van der Waals surface area contributed by atoms with Gasteiger partial charge in [-0.2, -0.15) is 0 Å². The number of carbonyl (C=O) groups excluding carboxylic acids is 1. The number of carbonyl (C=O) groups is 1. The Morgan fingerprint density at radius 1 is 1.19 bits per heavy atom. The zero-order chi connectivity index (χ0) is 16.3. The molecule has 120 valence electrons. The van der Waals surface area contributed by atoms with E-state index in [0.717, 1.165) is 12.8 Å². The van der Waals surface area contributed by atoms with Gasteiger partial charge in [0.1, 0.15) is 0 Å². The number of nitrogens with one attached hydrogen (secondary N) is 1. The second kappa shape index (κ2) is 10.3. The molecular weight excluding hydrogens is 270 g/mol. The van der Waals surface area contributed by atoms with Gasteiger partial charge in [-0.25, -0.2) is 0 Å². The molecule has 0 aromatic carbocycles. The Morgan fingerprint density at radius 3 is 2.38 bits per heavy atom. The van der Waals surface area contributed by atoms with E-state index in [1.54, 1.807) is 32.1 Å². The molecule has 21 heavy (non-hydrogen) atoms. The van der Waals surface area contributed by atoms with Crippen LogP contribution in [-0.2, 0) is 4.79 Å². The summed E-state index contributed by atoms with van der Waals surface area (Å²) in [6, 6.07) is 0. The van der Waals surface area contributed by atoms with Crippen LogP contribution in [0.25, 0.3) is 0 Å². The van der Waals surface area contributed by atoms with Crippen molar-refractivity contribution in [3.05, 3.63) is 36.5 Å². The molecule has 0 heterocycles. The fourth-order valence-corrected chi connectivity index (χ4v) is 1.26. The Bertz CT molecular complexity index is 378. The summed E-state index contributed by atoms with van der Waals surface area (Å²) in [5, 5.41) is 30.4. The SMILES string of the molecule is C[C@@H](O)[C@H](O)C=CC=CCC/C=C/C(=O)NCC(C)(C)O. The van der Waals surface area contributed by atoms with Crippen molar-refractivity contribution in [2.75, 3.05) is 6.54 Å². The zero-order valence-corrected chi connectivity index (χ0v) is 13.0. The van der Waals surface area contributed by atoms with Crippen LogP contribution in [0.3, 0.4) is 0 Å². The number of aliphatic hydroxyl groups excluding tert-OH is 2. The molecule has 0 bridgehead atoms. The molecule has 0 unspecified atom stereocenters. The Hall–Kier alpha value is -1.43. The maximum atomic E-state index is 11.4. The van der Waals surface area contributed by atoms with Crippen LogP contribution in [0.4, 0.5) is 0 Å². The molecule has 1 amide bonds. The Balaban J connectivity index is 3.79. The largest absolute Gasteiger partial charge is 0.390 e. The van der Waals surface area contributed by atoms with Gasteiger partial charge in [-0.15, -0.1) is 0 Å². The number of unbranched alkanes of at least 4 members (excludes halogenated alkanes) is 1. The van der Waals surface area contributed by atoms with E-state index >= 15 is 0 Å². The Morgan fingerprint density at radius 2 is 1.81 bits per heavy atom. The molecule has 0 aliphatic rings. The van der Waals surface area contributed by atoms with E-state index in [9.17, 15) is 15.0 Å². The minimum Gasteiger partial charge on any atom is -0.390 e. The van der Waals surface area contributed by atoms with E-state index in [-0.39, 0.29) is 12.5 Å². The Kier molecular flexibility index (Phi) is 9.62. The molecule has 5 heteroatoms. The molecule has 0 radical (unpaired) electrons. The fraction of sp³-hybridized carbons (Fsp3) is 0.562. The third kappa shape index (κ3) is 13.3. The van der Waals surface area contributed by atoms with Crippen LogP contribution >= 0.6 is 0 Å². The van der Waals surface area contributed by atoms with Crippen molar-refractivity contribution in [3.63, 3.8) is 0 Å². The molecule has 0 spiro atoms. The molecule has 0 fully saturated rings. The molecule has 0 aromatic heterocycles. The van der Waals surface area contributed by atoms with Gasteiger partial charge in [0.15, 0.2) is 0 Å². The highest BCUT2D eigenvalue weighted by Gasteiger charge is 2.12. The van der Waals surface area contributed by atoms with Crippen molar-refractivity contribution in [2.24, 2.45) is 0 Å². The number of allylic oxidation sites excluding steroid dienone is 4. The molecule has 0 aliphatic carbocycles. The molecule has 4 N–H and O–H groups in total. The molecule has 0 rings (SSSR count). The quantitative estimate of drug-likeness (QED) is 0.291. The lowest BCUT2D eigenvalue weighted by molar-refractivity contribution is -0.117. The maximum Gasteiger partial charge on any atom is 0.243 e. The number of rotatable bonds is 9. The van der Waals surface area contributed by atoms with Crippen LogP contribution in [-0.4, -0.2) is 45.6 Å². The van der Waals surface area contributed by atoms with E-state index in [1.165, 1.54) is 19.1 Å². The summed E-state index contributed by atoms with van der Waals surface area (Å²) in [5.74, 6) is -0.221. The molecule has 0 saturated carbocycles. The van der Waals surface area contributed by atoms with Crippen LogP contribution in [0.15, 0.2) is 36.5 Å². The highest BCUT2D eigenvalue weighted by atomic mass is 16.3. The lowest BCUT2D eigenvalue weighted by Gasteiger charge is -2.16. The minimum atomic E-state index is -0.908. The van der Waals surface area contributed by atoms with Crippen LogP contribution in [0.5, 0.6) is 0 Å². The van der Waals surface area contributed by atoms with Crippen molar-refractivity contribution >= 4 is 5.91 Å². The standard InChI is InChI=1S/C16H27NO4/c1-13(18)14(19)10-8-6-4-5-7-9-11-15(20)17-12-16(2,3)21/h4,6,8-11,13-14,18-19,21H,5,7,12H2,1-3H3,(H,17,20)/b6-4?,10-8?,11-9+/t13-,14-/m1/s1. The molecule has 5 nitrogen and oxygen atoms in total. The summed E-state index contributed by atoms with van der Waals surface area (Å²) in [7, 11) is 0. The van der Waals surface area contributed by atoms with Crippen molar-refractivity contribution in [1.29, 1.82) is 0 Å². The van der Waals surface area contributed by atoms with Crippen molar-refractivity contribution < 1.29 is 20.1 Å². The number of hydrogen-bond donors (Lipinski definition) is 4.